The maximum Gasteiger partial charge on any atom is 0.262 e. The molecule has 0 saturated carbocycles. The lowest BCUT2D eigenvalue weighted by Crippen LogP contribution is -2.49. The summed E-state index contributed by atoms with van der Waals surface area (Å²) >= 11 is 0. The lowest BCUT2D eigenvalue weighted by Gasteiger charge is -2.26. The molecule has 0 aromatic heterocycles. The van der Waals surface area contributed by atoms with E-state index in [0.717, 1.165) is 16.9 Å². The minimum absolute atomic E-state index is 0. The summed E-state index contributed by atoms with van der Waals surface area (Å²) in [6.07, 6.45) is 0.871. The predicted molar refractivity (Wildman–Crippen MR) is 92.1 cm³/mol. The number of amides is 3. The SMILES string of the molecule is Cc1ccc2c(c1)C(=O)N(C(C)C(=O)N1CCC(CN)C1)C2=O.Cl. The van der Waals surface area contributed by atoms with Gasteiger partial charge in [0.2, 0.25) is 5.91 Å². The zero-order valence-electron chi connectivity index (χ0n) is 13.8. The van der Waals surface area contributed by atoms with E-state index < -0.39 is 6.04 Å². The molecule has 2 aliphatic rings. The highest BCUT2D eigenvalue weighted by molar-refractivity contribution is 6.22. The first-order valence-electron chi connectivity index (χ1n) is 7.91. The molecule has 0 radical (unpaired) electrons. The van der Waals surface area contributed by atoms with Crippen molar-refractivity contribution < 1.29 is 14.4 Å². The lowest BCUT2D eigenvalue weighted by atomic mass is 10.1. The van der Waals surface area contributed by atoms with Crippen molar-refractivity contribution in [1.82, 2.24) is 9.80 Å². The van der Waals surface area contributed by atoms with Crippen LogP contribution in [0, 0.1) is 12.8 Å². The number of aryl methyl sites for hydroxylation is 1. The van der Waals surface area contributed by atoms with E-state index in [2.05, 4.69) is 0 Å². The van der Waals surface area contributed by atoms with Crippen LogP contribution in [0.1, 0.15) is 39.6 Å². The van der Waals surface area contributed by atoms with E-state index in [4.69, 9.17) is 5.73 Å². The average molecular weight is 352 g/mol. The van der Waals surface area contributed by atoms with Crippen molar-refractivity contribution in [2.75, 3.05) is 19.6 Å². The molecule has 2 unspecified atom stereocenters. The fourth-order valence-corrected chi connectivity index (χ4v) is 3.32. The van der Waals surface area contributed by atoms with Crippen LogP contribution in [0.2, 0.25) is 0 Å². The molecule has 1 saturated heterocycles. The molecule has 2 atom stereocenters. The normalized spacial score (nSPS) is 20.9. The second kappa shape index (κ2) is 6.91. The van der Waals surface area contributed by atoms with Crippen molar-refractivity contribution in [3.63, 3.8) is 0 Å². The molecule has 24 heavy (non-hydrogen) atoms. The van der Waals surface area contributed by atoms with Gasteiger partial charge < -0.3 is 10.6 Å². The quantitative estimate of drug-likeness (QED) is 0.830. The summed E-state index contributed by atoms with van der Waals surface area (Å²) in [6.45, 7) is 5.26. The van der Waals surface area contributed by atoms with Crippen molar-refractivity contribution >= 4 is 30.1 Å². The third-order valence-corrected chi connectivity index (χ3v) is 4.75. The van der Waals surface area contributed by atoms with E-state index in [1.165, 1.54) is 0 Å². The summed E-state index contributed by atoms with van der Waals surface area (Å²) in [5, 5.41) is 0. The fourth-order valence-electron chi connectivity index (χ4n) is 3.32. The minimum atomic E-state index is -0.792. The zero-order valence-corrected chi connectivity index (χ0v) is 14.6. The Kier molecular flexibility index (Phi) is 5.30. The molecule has 6 nitrogen and oxygen atoms in total. The van der Waals surface area contributed by atoms with Crippen LogP contribution in [-0.2, 0) is 4.79 Å². The number of halogens is 1. The van der Waals surface area contributed by atoms with Gasteiger partial charge in [-0.3, -0.25) is 19.3 Å². The van der Waals surface area contributed by atoms with Crippen molar-refractivity contribution in [2.45, 2.75) is 26.3 Å². The van der Waals surface area contributed by atoms with Crippen LogP contribution < -0.4 is 5.73 Å². The lowest BCUT2D eigenvalue weighted by molar-refractivity contribution is -0.133. The van der Waals surface area contributed by atoms with Gasteiger partial charge in [0.05, 0.1) is 11.1 Å². The Labute approximate surface area is 147 Å². The first-order chi connectivity index (χ1) is 10.9. The Bertz CT molecular complexity index is 692. The number of benzene rings is 1. The maximum absolute atomic E-state index is 12.6. The number of fused-ring (bicyclic) bond motifs is 1. The molecule has 3 rings (SSSR count). The Morgan fingerprint density at radius 2 is 1.96 bits per heavy atom. The van der Waals surface area contributed by atoms with Gasteiger partial charge >= 0.3 is 0 Å². The molecule has 0 aliphatic carbocycles. The van der Waals surface area contributed by atoms with Gasteiger partial charge in [-0.25, -0.2) is 0 Å². The number of carbonyl (C=O) groups is 3. The van der Waals surface area contributed by atoms with Gasteiger partial charge in [-0.05, 0) is 44.9 Å². The highest BCUT2D eigenvalue weighted by Gasteiger charge is 2.42. The standard InChI is InChI=1S/C17H21N3O3.ClH/c1-10-3-4-13-14(7-10)17(23)20(16(13)22)11(2)15(21)19-6-5-12(8-18)9-19;/h3-4,7,11-12H,5-6,8-9,18H2,1-2H3;1H. The van der Waals surface area contributed by atoms with E-state index in [-0.39, 0.29) is 30.1 Å². The summed E-state index contributed by atoms with van der Waals surface area (Å²) in [7, 11) is 0. The number of rotatable bonds is 3. The van der Waals surface area contributed by atoms with Crippen LogP contribution in [0.5, 0.6) is 0 Å². The number of carbonyl (C=O) groups excluding carboxylic acids is 3. The molecule has 1 fully saturated rings. The summed E-state index contributed by atoms with van der Waals surface area (Å²) in [5.41, 5.74) is 7.33. The molecule has 1 aromatic carbocycles. The van der Waals surface area contributed by atoms with Crippen molar-refractivity contribution in [2.24, 2.45) is 11.7 Å². The second-order valence-corrected chi connectivity index (χ2v) is 6.38. The van der Waals surface area contributed by atoms with Crippen molar-refractivity contribution in [3.8, 4) is 0 Å². The van der Waals surface area contributed by atoms with Crippen LogP contribution in [0.15, 0.2) is 18.2 Å². The first-order valence-corrected chi connectivity index (χ1v) is 7.91. The van der Waals surface area contributed by atoms with Gasteiger partial charge in [0.1, 0.15) is 6.04 Å². The third kappa shape index (κ3) is 2.91. The number of imide groups is 1. The number of hydrogen-bond acceptors (Lipinski definition) is 4. The molecular formula is C17H22ClN3O3. The second-order valence-electron chi connectivity index (χ2n) is 6.38. The first kappa shape index (κ1) is 18.4. The minimum Gasteiger partial charge on any atom is -0.341 e. The van der Waals surface area contributed by atoms with Crippen LogP contribution in [0.3, 0.4) is 0 Å². The number of hydrogen-bond donors (Lipinski definition) is 1. The van der Waals surface area contributed by atoms with Gasteiger partial charge in [-0.2, -0.15) is 0 Å². The van der Waals surface area contributed by atoms with E-state index in [1.54, 1.807) is 30.0 Å². The van der Waals surface area contributed by atoms with Gasteiger partial charge in [0.15, 0.2) is 0 Å². The summed E-state index contributed by atoms with van der Waals surface area (Å²) in [4.78, 5) is 40.5. The smallest absolute Gasteiger partial charge is 0.262 e. The molecule has 3 amide bonds. The highest BCUT2D eigenvalue weighted by atomic mass is 35.5. The van der Waals surface area contributed by atoms with Gasteiger partial charge in [0.25, 0.3) is 11.8 Å². The molecule has 7 heteroatoms. The Morgan fingerprint density at radius 1 is 1.29 bits per heavy atom. The largest absolute Gasteiger partial charge is 0.341 e. The summed E-state index contributed by atoms with van der Waals surface area (Å²) in [6, 6.07) is 4.36. The molecular weight excluding hydrogens is 330 g/mol. The highest BCUT2D eigenvalue weighted by Crippen LogP contribution is 2.27. The molecule has 2 aliphatic heterocycles. The summed E-state index contributed by atoms with van der Waals surface area (Å²) < 4.78 is 0. The monoisotopic (exact) mass is 351 g/mol. The van der Waals surface area contributed by atoms with Gasteiger partial charge in [-0.1, -0.05) is 11.6 Å². The predicted octanol–water partition coefficient (Wildman–Crippen LogP) is 1.21. The van der Waals surface area contributed by atoms with E-state index in [1.807, 2.05) is 6.92 Å². The van der Waals surface area contributed by atoms with E-state index in [0.29, 0.717) is 36.7 Å². The molecule has 130 valence electrons. The summed E-state index contributed by atoms with van der Waals surface area (Å²) in [5.74, 6) is -0.660. The molecule has 0 bridgehead atoms. The average Bonchev–Trinajstić information content (AvgIpc) is 3.10. The van der Waals surface area contributed by atoms with Gasteiger partial charge in [0, 0.05) is 13.1 Å². The molecule has 2 heterocycles. The van der Waals surface area contributed by atoms with Crippen LogP contribution in [0.4, 0.5) is 0 Å². The van der Waals surface area contributed by atoms with Crippen LogP contribution >= 0.6 is 12.4 Å². The fraction of sp³-hybridized carbons (Fsp3) is 0.471. The Balaban J connectivity index is 0.00000208. The molecule has 1 aromatic rings. The van der Waals surface area contributed by atoms with Crippen LogP contribution in [-0.4, -0.2) is 53.2 Å². The number of nitrogens with two attached hydrogens (primary N) is 1. The Morgan fingerprint density at radius 3 is 2.58 bits per heavy atom. The van der Waals surface area contributed by atoms with Crippen molar-refractivity contribution in [1.29, 1.82) is 0 Å². The topological polar surface area (TPSA) is 83.7 Å². The van der Waals surface area contributed by atoms with Gasteiger partial charge in [-0.15, -0.1) is 12.4 Å². The van der Waals surface area contributed by atoms with Crippen LogP contribution in [0.25, 0.3) is 0 Å². The molecule has 2 N–H and O–H groups in total. The Hall–Kier alpha value is -1.92. The third-order valence-electron chi connectivity index (χ3n) is 4.75. The number of nitrogens with zero attached hydrogens (tertiary/aromatic N) is 2. The zero-order chi connectivity index (χ0) is 16.7. The van der Waals surface area contributed by atoms with E-state index >= 15 is 0 Å². The molecule has 0 spiro atoms. The number of likely N-dealkylation sites (tertiary alicyclic amines) is 1. The van der Waals surface area contributed by atoms with Crippen molar-refractivity contribution in [3.05, 3.63) is 34.9 Å². The van der Waals surface area contributed by atoms with E-state index in [9.17, 15) is 14.4 Å². The maximum atomic E-state index is 12.6.